The zero-order chi connectivity index (χ0) is 26.4. The number of aromatic nitrogens is 2. The molecule has 2 aromatic rings. The van der Waals surface area contributed by atoms with Gasteiger partial charge < -0.3 is 20.4 Å². The first kappa shape index (κ1) is 26.6. The second-order valence-corrected chi connectivity index (χ2v) is 9.32. The van der Waals surface area contributed by atoms with Crippen LogP contribution in [0.15, 0.2) is 30.5 Å². The summed E-state index contributed by atoms with van der Waals surface area (Å²) < 4.78 is 40.5. The van der Waals surface area contributed by atoms with Gasteiger partial charge in [0.1, 0.15) is 11.4 Å². The van der Waals surface area contributed by atoms with E-state index in [-0.39, 0.29) is 30.1 Å². The summed E-state index contributed by atoms with van der Waals surface area (Å²) in [4.78, 5) is 37.0. The van der Waals surface area contributed by atoms with Crippen molar-refractivity contribution >= 4 is 29.3 Å². The fraction of sp³-hybridized carbons (Fsp3) is 0.520. The number of piperazine rings is 1. The van der Waals surface area contributed by atoms with Gasteiger partial charge >= 0.3 is 6.18 Å². The highest BCUT2D eigenvalue weighted by Crippen LogP contribution is 2.34. The predicted octanol–water partition coefficient (Wildman–Crippen LogP) is 3.33. The standard InChI is InChI=1S/C25H32F3N7O2/c1-18(36)34-14-12-33(13-15-34)17-19-5-7-20(8-6-19)31-24-30-16-21(25(26,27)28)23(32-24)29-9-3-11-35-10-2-4-22(35)37/h5-8,16H,2-4,9-15,17H2,1H3,(H2,29,30,31,32). The van der Waals surface area contributed by atoms with E-state index in [0.717, 1.165) is 37.8 Å². The minimum Gasteiger partial charge on any atom is -0.369 e. The molecule has 2 N–H and O–H groups in total. The van der Waals surface area contributed by atoms with Crippen molar-refractivity contribution in [2.45, 2.75) is 38.9 Å². The summed E-state index contributed by atoms with van der Waals surface area (Å²) in [5, 5.41) is 5.74. The number of alkyl halides is 3. The highest BCUT2D eigenvalue weighted by Gasteiger charge is 2.35. The van der Waals surface area contributed by atoms with Crippen LogP contribution in [0.1, 0.15) is 37.3 Å². The molecule has 200 valence electrons. The first-order valence-corrected chi connectivity index (χ1v) is 12.5. The van der Waals surface area contributed by atoms with E-state index in [4.69, 9.17) is 0 Å². The average molecular weight is 520 g/mol. The second kappa shape index (κ2) is 11.8. The highest BCUT2D eigenvalue weighted by atomic mass is 19.4. The van der Waals surface area contributed by atoms with Crippen molar-refractivity contribution in [1.29, 1.82) is 0 Å². The van der Waals surface area contributed by atoms with E-state index in [1.165, 1.54) is 0 Å². The summed E-state index contributed by atoms with van der Waals surface area (Å²) in [5.41, 5.74) is 0.813. The Labute approximate surface area is 214 Å². The molecule has 0 radical (unpaired) electrons. The molecule has 0 bridgehead atoms. The first-order chi connectivity index (χ1) is 17.7. The van der Waals surface area contributed by atoms with Gasteiger partial charge in [0, 0.05) is 77.6 Å². The van der Waals surface area contributed by atoms with Crippen LogP contribution in [-0.2, 0) is 22.3 Å². The van der Waals surface area contributed by atoms with E-state index in [1.54, 1.807) is 11.8 Å². The quantitative estimate of drug-likeness (QED) is 0.491. The molecule has 2 saturated heterocycles. The average Bonchev–Trinajstić information content (AvgIpc) is 3.27. The number of nitrogens with zero attached hydrogens (tertiary/aromatic N) is 5. The maximum atomic E-state index is 13.5. The number of amides is 2. The Kier molecular flexibility index (Phi) is 8.47. The largest absolute Gasteiger partial charge is 0.421 e. The summed E-state index contributed by atoms with van der Waals surface area (Å²) in [6.45, 7) is 6.83. The third kappa shape index (κ3) is 7.31. The lowest BCUT2D eigenvalue weighted by atomic mass is 10.2. The maximum absolute atomic E-state index is 13.5. The van der Waals surface area contributed by atoms with Crippen molar-refractivity contribution in [1.82, 2.24) is 24.7 Å². The van der Waals surface area contributed by atoms with E-state index in [9.17, 15) is 22.8 Å². The topological polar surface area (TPSA) is 93.7 Å². The maximum Gasteiger partial charge on any atom is 0.421 e. The van der Waals surface area contributed by atoms with Crippen LogP contribution < -0.4 is 10.6 Å². The molecule has 0 spiro atoms. The van der Waals surface area contributed by atoms with Gasteiger partial charge in [0.05, 0.1) is 0 Å². The van der Waals surface area contributed by atoms with Crippen molar-refractivity contribution in [2.24, 2.45) is 0 Å². The van der Waals surface area contributed by atoms with Crippen molar-refractivity contribution in [3.8, 4) is 0 Å². The summed E-state index contributed by atoms with van der Waals surface area (Å²) in [6.07, 6.45) is -1.95. The van der Waals surface area contributed by atoms with Crippen LogP contribution in [0.3, 0.4) is 0 Å². The summed E-state index contributed by atoms with van der Waals surface area (Å²) >= 11 is 0. The Morgan fingerprint density at radius 3 is 2.43 bits per heavy atom. The molecule has 12 heteroatoms. The Bertz CT molecular complexity index is 1090. The van der Waals surface area contributed by atoms with Gasteiger partial charge in [0.2, 0.25) is 17.8 Å². The highest BCUT2D eigenvalue weighted by molar-refractivity contribution is 5.78. The number of rotatable bonds is 9. The molecule has 4 rings (SSSR count). The normalized spacial score (nSPS) is 16.8. The van der Waals surface area contributed by atoms with Gasteiger partial charge in [-0.2, -0.15) is 18.2 Å². The molecule has 2 amide bonds. The van der Waals surface area contributed by atoms with E-state index >= 15 is 0 Å². The molecular weight excluding hydrogens is 487 g/mol. The zero-order valence-corrected chi connectivity index (χ0v) is 20.9. The van der Waals surface area contributed by atoms with Crippen molar-refractivity contribution in [3.05, 3.63) is 41.6 Å². The van der Waals surface area contributed by atoms with Crippen LogP contribution >= 0.6 is 0 Å². The van der Waals surface area contributed by atoms with Gasteiger partial charge in [-0.25, -0.2) is 4.98 Å². The van der Waals surface area contributed by atoms with Crippen molar-refractivity contribution < 1.29 is 22.8 Å². The smallest absolute Gasteiger partial charge is 0.369 e. The van der Waals surface area contributed by atoms with E-state index < -0.39 is 11.7 Å². The SMILES string of the molecule is CC(=O)N1CCN(Cc2ccc(Nc3ncc(C(F)(F)F)c(NCCCN4CCCC4=O)n3)cc2)CC1. The predicted molar refractivity (Wildman–Crippen MR) is 133 cm³/mol. The van der Waals surface area contributed by atoms with Crippen LogP contribution in [0.2, 0.25) is 0 Å². The zero-order valence-electron chi connectivity index (χ0n) is 20.9. The molecule has 37 heavy (non-hydrogen) atoms. The van der Waals surface area contributed by atoms with Gasteiger partial charge in [0.15, 0.2) is 0 Å². The van der Waals surface area contributed by atoms with Gasteiger partial charge in [-0.3, -0.25) is 14.5 Å². The van der Waals surface area contributed by atoms with E-state index in [1.807, 2.05) is 29.2 Å². The molecule has 2 aliphatic heterocycles. The molecule has 2 aliphatic rings. The number of carbonyl (C=O) groups excluding carboxylic acids is 2. The monoisotopic (exact) mass is 519 g/mol. The second-order valence-electron chi connectivity index (χ2n) is 9.32. The molecular formula is C25H32F3N7O2. The first-order valence-electron chi connectivity index (χ1n) is 12.5. The molecule has 1 aromatic heterocycles. The fourth-order valence-corrected chi connectivity index (χ4v) is 4.50. The summed E-state index contributed by atoms with van der Waals surface area (Å²) in [7, 11) is 0. The van der Waals surface area contributed by atoms with Gasteiger partial charge in [0.25, 0.3) is 0 Å². The third-order valence-corrected chi connectivity index (χ3v) is 6.60. The number of nitrogens with one attached hydrogen (secondary N) is 2. The molecule has 0 saturated carbocycles. The lowest BCUT2D eigenvalue weighted by Gasteiger charge is -2.34. The molecule has 3 heterocycles. The van der Waals surface area contributed by atoms with Crippen molar-refractivity contribution in [2.75, 3.05) is 56.4 Å². The lowest BCUT2D eigenvalue weighted by molar-refractivity contribution is -0.137. The molecule has 0 aliphatic carbocycles. The summed E-state index contributed by atoms with van der Waals surface area (Å²) in [6, 6.07) is 7.57. The number of hydrogen-bond donors (Lipinski definition) is 2. The summed E-state index contributed by atoms with van der Waals surface area (Å²) in [5.74, 6) is -0.0547. The van der Waals surface area contributed by atoms with E-state index in [0.29, 0.717) is 44.7 Å². The Morgan fingerprint density at radius 1 is 1.08 bits per heavy atom. The number of benzene rings is 1. The number of anilines is 3. The number of halogens is 3. The Morgan fingerprint density at radius 2 is 1.81 bits per heavy atom. The molecule has 2 fully saturated rings. The van der Waals surface area contributed by atoms with Crippen LogP contribution in [0.25, 0.3) is 0 Å². The van der Waals surface area contributed by atoms with Crippen LogP contribution in [0.4, 0.5) is 30.6 Å². The minimum atomic E-state index is -4.59. The van der Waals surface area contributed by atoms with Gasteiger partial charge in [-0.1, -0.05) is 12.1 Å². The molecule has 0 atom stereocenters. The number of carbonyl (C=O) groups is 2. The van der Waals surface area contributed by atoms with Crippen LogP contribution in [0.5, 0.6) is 0 Å². The van der Waals surface area contributed by atoms with Gasteiger partial charge in [-0.05, 0) is 30.5 Å². The van der Waals surface area contributed by atoms with Gasteiger partial charge in [-0.15, -0.1) is 0 Å². The number of likely N-dealkylation sites (tertiary alicyclic amines) is 1. The minimum absolute atomic E-state index is 0.0540. The fourth-order valence-electron chi connectivity index (χ4n) is 4.50. The van der Waals surface area contributed by atoms with Crippen molar-refractivity contribution in [3.63, 3.8) is 0 Å². The Hall–Kier alpha value is -3.41. The third-order valence-electron chi connectivity index (χ3n) is 6.60. The molecule has 9 nitrogen and oxygen atoms in total. The molecule has 0 unspecified atom stereocenters. The van der Waals surface area contributed by atoms with E-state index in [2.05, 4.69) is 25.5 Å². The lowest BCUT2D eigenvalue weighted by Crippen LogP contribution is -2.47. The number of hydrogen-bond acceptors (Lipinski definition) is 7. The van der Waals surface area contributed by atoms with Crippen LogP contribution in [-0.4, -0.2) is 82.3 Å². The molecule has 1 aromatic carbocycles. The Balaban J connectivity index is 1.33. The van der Waals surface area contributed by atoms with Crippen LogP contribution in [0, 0.1) is 0 Å².